The number of rotatable bonds is 5. The topological polar surface area (TPSA) is 55.9 Å². The molecular weight excluding hydrogens is 221 g/mol. The molecule has 0 amide bonds. The quantitative estimate of drug-likeness (QED) is 0.603. The summed E-state index contributed by atoms with van der Waals surface area (Å²) in [5, 5.41) is 3.94. The molecule has 0 aliphatic heterocycles. The molecule has 1 aromatic rings. The van der Waals surface area contributed by atoms with Gasteiger partial charge in [-0.05, 0) is 12.8 Å². The third kappa shape index (κ3) is 4.19. The number of hydrazine groups is 1. The van der Waals surface area contributed by atoms with E-state index in [-0.39, 0.29) is 12.5 Å². The predicted molar refractivity (Wildman–Crippen MR) is 53.2 cm³/mol. The molecular formula is C9H15F3N4. The Bertz CT molecular complexity index is 321. The van der Waals surface area contributed by atoms with Crippen LogP contribution in [0.4, 0.5) is 13.2 Å². The Labute approximate surface area is 91.6 Å². The molecule has 1 atom stereocenters. The molecule has 0 radical (unpaired) electrons. The van der Waals surface area contributed by atoms with Crippen LogP contribution in [0.3, 0.4) is 0 Å². The van der Waals surface area contributed by atoms with Crippen molar-refractivity contribution >= 4 is 0 Å². The van der Waals surface area contributed by atoms with Crippen molar-refractivity contribution in [2.75, 3.05) is 0 Å². The SMILES string of the molecule is Cn1cc(C(CCCC(F)(F)F)NN)cn1. The third-order valence-electron chi connectivity index (χ3n) is 2.28. The first-order valence-electron chi connectivity index (χ1n) is 4.94. The van der Waals surface area contributed by atoms with E-state index in [2.05, 4.69) is 10.5 Å². The molecule has 0 bridgehead atoms. The summed E-state index contributed by atoms with van der Waals surface area (Å²) in [6, 6.07) is -0.281. The second kappa shape index (κ2) is 5.31. The standard InChI is InChI=1S/C9H15F3N4/c1-16-6-7(5-14-16)8(15-13)3-2-4-9(10,11)12/h5-6,8,15H,2-4,13H2,1H3. The first-order chi connectivity index (χ1) is 7.42. The van der Waals surface area contributed by atoms with E-state index in [9.17, 15) is 13.2 Å². The van der Waals surface area contributed by atoms with Crippen LogP contribution in [0.15, 0.2) is 12.4 Å². The Balaban J connectivity index is 2.44. The molecule has 3 N–H and O–H groups in total. The van der Waals surface area contributed by atoms with Crippen molar-refractivity contribution < 1.29 is 13.2 Å². The summed E-state index contributed by atoms with van der Waals surface area (Å²) in [5.74, 6) is 5.30. The molecule has 0 spiro atoms. The first kappa shape index (κ1) is 13.0. The van der Waals surface area contributed by atoms with Crippen molar-refractivity contribution in [1.82, 2.24) is 15.2 Å². The van der Waals surface area contributed by atoms with E-state index in [0.717, 1.165) is 5.56 Å². The highest BCUT2D eigenvalue weighted by Gasteiger charge is 2.26. The van der Waals surface area contributed by atoms with Gasteiger partial charge in [-0.1, -0.05) is 0 Å². The number of aryl methyl sites for hydroxylation is 1. The lowest BCUT2D eigenvalue weighted by molar-refractivity contribution is -0.135. The summed E-state index contributed by atoms with van der Waals surface area (Å²) in [4.78, 5) is 0. The summed E-state index contributed by atoms with van der Waals surface area (Å²) in [6.07, 6.45) is -1.18. The number of hydrogen-bond donors (Lipinski definition) is 2. The zero-order chi connectivity index (χ0) is 12.2. The number of nitrogens with one attached hydrogen (secondary N) is 1. The maximum absolute atomic E-state index is 11.9. The van der Waals surface area contributed by atoms with Gasteiger partial charge in [-0.25, -0.2) is 0 Å². The second-order valence-corrected chi connectivity index (χ2v) is 3.67. The van der Waals surface area contributed by atoms with Crippen molar-refractivity contribution in [3.63, 3.8) is 0 Å². The average Bonchev–Trinajstić information content (AvgIpc) is 2.58. The second-order valence-electron chi connectivity index (χ2n) is 3.67. The zero-order valence-corrected chi connectivity index (χ0v) is 8.96. The van der Waals surface area contributed by atoms with Gasteiger partial charge < -0.3 is 0 Å². The minimum absolute atomic E-state index is 0.0489. The van der Waals surface area contributed by atoms with Gasteiger partial charge in [0.25, 0.3) is 0 Å². The largest absolute Gasteiger partial charge is 0.389 e. The fourth-order valence-corrected chi connectivity index (χ4v) is 1.47. The highest BCUT2D eigenvalue weighted by Crippen LogP contribution is 2.25. The lowest BCUT2D eigenvalue weighted by Crippen LogP contribution is -2.28. The van der Waals surface area contributed by atoms with E-state index in [1.54, 1.807) is 24.1 Å². The van der Waals surface area contributed by atoms with Crippen LogP contribution in [0.25, 0.3) is 0 Å². The van der Waals surface area contributed by atoms with Crippen LogP contribution in [-0.4, -0.2) is 16.0 Å². The van der Waals surface area contributed by atoms with E-state index >= 15 is 0 Å². The lowest BCUT2D eigenvalue weighted by atomic mass is 10.1. The molecule has 0 fully saturated rings. The van der Waals surface area contributed by atoms with Crippen molar-refractivity contribution in [2.45, 2.75) is 31.5 Å². The molecule has 92 valence electrons. The van der Waals surface area contributed by atoms with E-state index in [1.165, 1.54) is 0 Å². The summed E-state index contributed by atoms with van der Waals surface area (Å²) in [5.41, 5.74) is 3.30. The molecule has 16 heavy (non-hydrogen) atoms. The summed E-state index contributed by atoms with van der Waals surface area (Å²) in [7, 11) is 1.74. The minimum Gasteiger partial charge on any atom is -0.275 e. The minimum atomic E-state index is -4.10. The molecule has 0 aliphatic carbocycles. The molecule has 1 unspecified atom stereocenters. The highest BCUT2D eigenvalue weighted by atomic mass is 19.4. The Kier molecular flexibility index (Phi) is 4.31. The van der Waals surface area contributed by atoms with Crippen LogP contribution in [0.2, 0.25) is 0 Å². The lowest BCUT2D eigenvalue weighted by Gasteiger charge is -2.14. The molecule has 7 heteroatoms. The van der Waals surface area contributed by atoms with E-state index in [1.807, 2.05) is 0 Å². The van der Waals surface area contributed by atoms with Crippen LogP contribution < -0.4 is 11.3 Å². The third-order valence-corrected chi connectivity index (χ3v) is 2.28. The van der Waals surface area contributed by atoms with Gasteiger partial charge in [0.1, 0.15) is 0 Å². The van der Waals surface area contributed by atoms with Gasteiger partial charge >= 0.3 is 6.18 Å². The van der Waals surface area contributed by atoms with Gasteiger partial charge in [0.15, 0.2) is 0 Å². The van der Waals surface area contributed by atoms with Crippen molar-refractivity contribution in [1.29, 1.82) is 0 Å². The Morgan fingerprint density at radius 2 is 2.25 bits per heavy atom. The molecule has 0 saturated carbocycles. The van der Waals surface area contributed by atoms with Crippen LogP contribution >= 0.6 is 0 Å². The van der Waals surface area contributed by atoms with Gasteiger partial charge in [-0.3, -0.25) is 16.0 Å². The summed E-state index contributed by atoms with van der Waals surface area (Å²) in [6.45, 7) is 0. The van der Waals surface area contributed by atoms with Crippen molar-refractivity contribution in [3.05, 3.63) is 18.0 Å². The molecule has 0 saturated heterocycles. The normalized spacial score (nSPS) is 14.1. The fraction of sp³-hybridized carbons (Fsp3) is 0.667. The Hall–Kier alpha value is -1.08. The number of nitrogens with two attached hydrogens (primary N) is 1. The van der Waals surface area contributed by atoms with E-state index in [0.29, 0.717) is 6.42 Å². The van der Waals surface area contributed by atoms with Crippen LogP contribution in [0.1, 0.15) is 30.9 Å². The Morgan fingerprint density at radius 3 is 2.69 bits per heavy atom. The van der Waals surface area contributed by atoms with Gasteiger partial charge in [-0.2, -0.15) is 18.3 Å². The fourth-order valence-electron chi connectivity index (χ4n) is 1.47. The molecule has 0 aromatic carbocycles. The average molecular weight is 236 g/mol. The predicted octanol–water partition coefficient (Wildman–Crippen LogP) is 1.66. The maximum Gasteiger partial charge on any atom is 0.389 e. The van der Waals surface area contributed by atoms with Gasteiger partial charge in [0, 0.05) is 31.3 Å². The van der Waals surface area contributed by atoms with Crippen LogP contribution in [-0.2, 0) is 7.05 Å². The molecule has 4 nitrogen and oxygen atoms in total. The Morgan fingerprint density at radius 1 is 1.56 bits per heavy atom. The summed E-state index contributed by atoms with van der Waals surface area (Å²) >= 11 is 0. The van der Waals surface area contributed by atoms with Crippen molar-refractivity contribution in [3.8, 4) is 0 Å². The molecule has 1 rings (SSSR count). The number of alkyl halides is 3. The number of aromatic nitrogens is 2. The highest BCUT2D eigenvalue weighted by molar-refractivity contribution is 5.09. The molecule has 0 aliphatic rings. The van der Waals surface area contributed by atoms with E-state index in [4.69, 9.17) is 5.84 Å². The van der Waals surface area contributed by atoms with Crippen LogP contribution in [0, 0.1) is 0 Å². The monoisotopic (exact) mass is 236 g/mol. The van der Waals surface area contributed by atoms with Crippen molar-refractivity contribution in [2.24, 2.45) is 12.9 Å². The van der Waals surface area contributed by atoms with Gasteiger partial charge in [-0.15, -0.1) is 0 Å². The summed E-state index contributed by atoms with van der Waals surface area (Å²) < 4.78 is 37.4. The van der Waals surface area contributed by atoms with E-state index < -0.39 is 12.6 Å². The zero-order valence-electron chi connectivity index (χ0n) is 8.96. The number of nitrogens with zero attached hydrogens (tertiary/aromatic N) is 2. The van der Waals surface area contributed by atoms with Gasteiger partial charge in [0.05, 0.1) is 6.20 Å². The smallest absolute Gasteiger partial charge is 0.275 e. The molecule has 1 heterocycles. The van der Waals surface area contributed by atoms with Gasteiger partial charge in [0.2, 0.25) is 0 Å². The first-order valence-corrected chi connectivity index (χ1v) is 4.94. The van der Waals surface area contributed by atoms with Crippen LogP contribution in [0.5, 0.6) is 0 Å². The maximum atomic E-state index is 11.9. The number of hydrogen-bond acceptors (Lipinski definition) is 3. The number of halogens is 3. The molecule has 1 aromatic heterocycles.